The molecule has 0 fully saturated rings. The van der Waals surface area contributed by atoms with Crippen LogP contribution in [0.15, 0.2) is 36.5 Å². The smallest absolute Gasteiger partial charge is 0.240 e. The van der Waals surface area contributed by atoms with Gasteiger partial charge in [-0.05, 0) is 23.3 Å². The largest absolute Gasteiger partial charge is 0.368 e. The van der Waals surface area contributed by atoms with E-state index in [0.717, 1.165) is 6.07 Å². The van der Waals surface area contributed by atoms with E-state index in [2.05, 4.69) is 10.3 Å². The van der Waals surface area contributed by atoms with Gasteiger partial charge in [0, 0.05) is 18.7 Å². The molecule has 2 aromatic rings. The summed E-state index contributed by atoms with van der Waals surface area (Å²) in [5, 5.41) is 2.73. The second-order valence-corrected chi connectivity index (χ2v) is 5.52. The predicted molar refractivity (Wildman–Crippen MR) is 84.1 cm³/mol. The highest BCUT2D eigenvalue weighted by molar-refractivity contribution is 6.29. The lowest BCUT2D eigenvalue weighted by atomic mass is 10.1. The van der Waals surface area contributed by atoms with E-state index in [9.17, 15) is 18.4 Å². The summed E-state index contributed by atoms with van der Waals surface area (Å²) in [6.45, 7) is 0. The Bertz CT molecular complexity index is 753. The van der Waals surface area contributed by atoms with Crippen LogP contribution in [-0.2, 0) is 22.4 Å². The highest BCUT2D eigenvalue weighted by Crippen LogP contribution is 2.11. The number of benzene rings is 1. The number of hydrogen-bond donors (Lipinski definition) is 2. The Morgan fingerprint density at radius 3 is 2.58 bits per heavy atom. The molecule has 0 saturated carbocycles. The van der Waals surface area contributed by atoms with Gasteiger partial charge in [-0.2, -0.15) is 0 Å². The number of halogens is 3. The normalized spacial score (nSPS) is 11.8. The van der Waals surface area contributed by atoms with Crippen molar-refractivity contribution in [3.8, 4) is 0 Å². The second kappa shape index (κ2) is 7.83. The van der Waals surface area contributed by atoms with E-state index in [1.807, 2.05) is 0 Å². The standard InChI is InChI=1S/C16H14ClF2N3O2/c17-14-4-1-9(8-21-14)5-13(16(20)24)22-15(23)6-10-2-3-11(18)7-12(10)19/h1-4,7-8,13H,5-6H2,(H2,20,24)(H,22,23)/t13-/m1/s1. The van der Waals surface area contributed by atoms with Gasteiger partial charge in [0.2, 0.25) is 11.8 Å². The number of nitrogens with zero attached hydrogens (tertiary/aromatic N) is 1. The summed E-state index contributed by atoms with van der Waals surface area (Å²) < 4.78 is 26.4. The molecule has 8 heteroatoms. The minimum atomic E-state index is -0.982. The Balaban J connectivity index is 2.02. The first-order valence-corrected chi connectivity index (χ1v) is 7.36. The Hall–Kier alpha value is -2.54. The van der Waals surface area contributed by atoms with Gasteiger partial charge < -0.3 is 11.1 Å². The summed E-state index contributed by atoms with van der Waals surface area (Å²) in [5.74, 6) is -2.91. The molecule has 126 valence electrons. The van der Waals surface area contributed by atoms with E-state index in [-0.39, 0.29) is 18.4 Å². The Morgan fingerprint density at radius 2 is 2.00 bits per heavy atom. The molecule has 0 radical (unpaired) electrons. The second-order valence-electron chi connectivity index (χ2n) is 5.13. The van der Waals surface area contributed by atoms with Gasteiger partial charge in [-0.3, -0.25) is 9.59 Å². The molecular formula is C16H14ClF2N3O2. The summed E-state index contributed by atoms with van der Waals surface area (Å²) in [4.78, 5) is 27.4. The molecule has 0 aliphatic heterocycles. The fourth-order valence-electron chi connectivity index (χ4n) is 2.07. The van der Waals surface area contributed by atoms with Crippen LogP contribution in [0.25, 0.3) is 0 Å². The molecule has 0 unspecified atom stereocenters. The minimum Gasteiger partial charge on any atom is -0.368 e. The lowest BCUT2D eigenvalue weighted by Crippen LogP contribution is -2.46. The molecule has 1 heterocycles. The fourth-order valence-corrected chi connectivity index (χ4v) is 2.18. The summed E-state index contributed by atoms with van der Waals surface area (Å²) >= 11 is 5.68. The minimum absolute atomic E-state index is 0.0188. The van der Waals surface area contributed by atoms with E-state index < -0.39 is 29.5 Å². The van der Waals surface area contributed by atoms with E-state index in [1.54, 1.807) is 12.1 Å². The van der Waals surface area contributed by atoms with Crippen molar-refractivity contribution in [3.05, 3.63) is 64.4 Å². The van der Waals surface area contributed by atoms with E-state index in [1.165, 1.54) is 12.3 Å². The zero-order valence-electron chi connectivity index (χ0n) is 12.4. The summed E-state index contributed by atoms with van der Waals surface area (Å²) in [6.07, 6.45) is 1.25. The van der Waals surface area contributed by atoms with Crippen molar-refractivity contribution in [2.24, 2.45) is 5.73 Å². The number of nitrogens with one attached hydrogen (secondary N) is 1. The Morgan fingerprint density at radius 1 is 1.25 bits per heavy atom. The number of pyridine rings is 1. The van der Waals surface area contributed by atoms with Gasteiger partial charge in [0.1, 0.15) is 22.8 Å². The third-order valence-corrected chi connectivity index (χ3v) is 3.50. The van der Waals surface area contributed by atoms with E-state index >= 15 is 0 Å². The van der Waals surface area contributed by atoms with E-state index in [4.69, 9.17) is 17.3 Å². The third kappa shape index (κ3) is 4.99. The van der Waals surface area contributed by atoms with Crippen LogP contribution in [0.5, 0.6) is 0 Å². The molecule has 0 aliphatic rings. The summed E-state index contributed by atoms with van der Waals surface area (Å²) in [6, 6.07) is 5.13. The van der Waals surface area contributed by atoms with Gasteiger partial charge in [-0.25, -0.2) is 13.8 Å². The van der Waals surface area contributed by atoms with Crippen LogP contribution < -0.4 is 11.1 Å². The molecular weight excluding hydrogens is 340 g/mol. The average Bonchev–Trinajstić information content (AvgIpc) is 2.51. The molecule has 0 spiro atoms. The Kier molecular flexibility index (Phi) is 5.81. The van der Waals surface area contributed by atoms with Gasteiger partial charge >= 0.3 is 0 Å². The van der Waals surface area contributed by atoms with Crippen molar-refractivity contribution >= 4 is 23.4 Å². The quantitative estimate of drug-likeness (QED) is 0.776. The predicted octanol–water partition coefficient (Wildman–Crippen LogP) is 1.77. The zero-order chi connectivity index (χ0) is 17.7. The van der Waals surface area contributed by atoms with Gasteiger partial charge in [0.25, 0.3) is 0 Å². The molecule has 24 heavy (non-hydrogen) atoms. The van der Waals surface area contributed by atoms with Crippen LogP contribution in [0.4, 0.5) is 8.78 Å². The molecule has 0 aliphatic carbocycles. The molecule has 0 saturated heterocycles. The monoisotopic (exact) mass is 353 g/mol. The van der Waals surface area contributed by atoms with Crippen LogP contribution >= 0.6 is 11.6 Å². The third-order valence-electron chi connectivity index (χ3n) is 3.27. The molecule has 1 aromatic carbocycles. The molecule has 1 aromatic heterocycles. The van der Waals surface area contributed by atoms with Crippen LogP contribution in [0.2, 0.25) is 5.15 Å². The maximum atomic E-state index is 13.6. The highest BCUT2D eigenvalue weighted by atomic mass is 35.5. The number of hydrogen-bond acceptors (Lipinski definition) is 3. The SMILES string of the molecule is NC(=O)[C@@H](Cc1ccc(Cl)nc1)NC(=O)Cc1ccc(F)cc1F. The average molecular weight is 354 g/mol. The number of amides is 2. The molecule has 5 nitrogen and oxygen atoms in total. The van der Waals surface area contributed by atoms with Crippen LogP contribution in [-0.4, -0.2) is 22.8 Å². The fraction of sp³-hybridized carbons (Fsp3) is 0.188. The number of carbonyl (C=O) groups excluding carboxylic acids is 2. The zero-order valence-corrected chi connectivity index (χ0v) is 13.2. The van der Waals surface area contributed by atoms with Gasteiger partial charge in [0.05, 0.1) is 6.42 Å². The molecule has 1 atom stereocenters. The lowest BCUT2D eigenvalue weighted by molar-refractivity contribution is -0.127. The first-order chi connectivity index (χ1) is 11.3. The van der Waals surface area contributed by atoms with Gasteiger partial charge in [-0.15, -0.1) is 0 Å². The lowest BCUT2D eigenvalue weighted by Gasteiger charge is -2.15. The number of primary amides is 1. The molecule has 2 amide bonds. The van der Waals surface area contributed by atoms with Gasteiger partial charge in [-0.1, -0.05) is 23.7 Å². The van der Waals surface area contributed by atoms with Crippen molar-refractivity contribution in [3.63, 3.8) is 0 Å². The van der Waals surface area contributed by atoms with Crippen LogP contribution in [0, 0.1) is 11.6 Å². The van der Waals surface area contributed by atoms with E-state index in [0.29, 0.717) is 16.8 Å². The number of carbonyl (C=O) groups is 2. The van der Waals surface area contributed by atoms with Gasteiger partial charge in [0.15, 0.2) is 0 Å². The summed E-state index contributed by atoms with van der Waals surface area (Å²) in [7, 11) is 0. The Labute approximate surface area is 141 Å². The van der Waals surface area contributed by atoms with Crippen molar-refractivity contribution in [1.82, 2.24) is 10.3 Å². The molecule has 0 bridgehead atoms. The van der Waals surface area contributed by atoms with Crippen molar-refractivity contribution < 1.29 is 18.4 Å². The molecule has 2 rings (SSSR count). The first-order valence-electron chi connectivity index (χ1n) is 6.98. The first kappa shape index (κ1) is 17.8. The van der Waals surface area contributed by atoms with Crippen molar-refractivity contribution in [2.75, 3.05) is 0 Å². The van der Waals surface area contributed by atoms with Crippen LogP contribution in [0.3, 0.4) is 0 Å². The summed E-state index contributed by atoms with van der Waals surface area (Å²) in [5.41, 5.74) is 5.95. The number of rotatable bonds is 6. The maximum Gasteiger partial charge on any atom is 0.240 e. The number of aromatic nitrogens is 1. The molecule has 3 N–H and O–H groups in total. The van der Waals surface area contributed by atoms with Crippen LogP contribution in [0.1, 0.15) is 11.1 Å². The highest BCUT2D eigenvalue weighted by Gasteiger charge is 2.19. The topological polar surface area (TPSA) is 85.1 Å². The maximum absolute atomic E-state index is 13.6. The van der Waals surface area contributed by atoms with Crippen molar-refractivity contribution in [1.29, 1.82) is 0 Å². The number of nitrogens with two attached hydrogens (primary N) is 1. The van der Waals surface area contributed by atoms with Crippen molar-refractivity contribution in [2.45, 2.75) is 18.9 Å².